The predicted octanol–water partition coefficient (Wildman–Crippen LogP) is 0.986. The third kappa shape index (κ3) is 1.92. The van der Waals surface area contributed by atoms with Gasteiger partial charge >= 0.3 is 0 Å². The zero-order valence-electron chi connectivity index (χ0n) is 10.2. The van der Waals surface area contributed by atoms with Gasteiger partial charge in [0.2, 0.25) is 0 Å². The molecule has 0 aliphatic carbocycles. The third-order valence-electron chi connectivity index (χ3n) is 2.73. The Bertz CT molecular complexity index is 788. The van der Waals surface area contributed by atoms with Gasteiger partial charge in [-0.05, 0) is 18.6 Å². The second kappa shape index (κ2) is 4.63. The fraction of sp³-hybridized carbons (Fsp3) is 0.0769. The Kier molecular flexibility index (Phi) is 3.01. The van der Waals surface area contributed by atoms with Crippen LogP contribution in [-0.2, 0) is 0 Å². The van der Waals surface area contributed by atoms with Crippen LogP contribution in [0.25, 0.3) is 5.69 Å². The van der Waals surface area contributed by atoms with Gasteiger partial charge in [0.1, 0.15) is 17.7 Å². The minimum absolute atomic E-state index is 0.0465. The number of nitrogens with two attached hydrogens (primary N) is 1. The smallest absolute Gasteiger partial charge is 0.185 e. The van der Waals surface area contributed by atoms with Gasteiger partial charge in [-0.2, -0.15) is 15.6 Å². The van der Waals surface area contributed by atoms with Crippen molar-refractivity contribution in [2.75, 3.05) is 5.73 Å². The average molecular weight is 250 g/mol. The molecular formula is C13H10N6. The van der Waals surface area contributed by atoms with Crippen molar-refractivity contribution in [1.29, 1.82) is 15.9 Å². The first-order valence-electron chi connectivity index (χ1n) is 5.43. The summed E-state index contributed by atoms with van der Waals surface area (Å²) in [5, 5.41) is 30.1. The van der Waals surface area contributed by atoms with E-state index in [1.54, 1.807) is 12.1 Å². The lowest BCUT2D eigenvalue weighted by molar-refractivity contribution is 0.759. The van der Waals surface area contributed by atoms with Crippen molar-refractivity contribution in [2.24, 2.45) is 0 Å². The number of nitriles is 2. The summed E-state index contributed by atoms with van der Waals surface area (Å²) < 4.78 is 1.25. The number of benzene rings is 1. The molecule has 6 nitrogen and oxygen atoms in total. The van der Waals surface area contributed by atoms with Crippen LogP contribution in [0, 0.1) is 35.0 Å². The van der Waals surface area contributed by atoms with E-state index >= 15 is 0 Å². The summed E-state index contributed by atoms with van der Waals surface area (Å²) in [6, 6.07) is 11.0. The normalized spacial score (nSPS) is 9.63. The van der Waals surface area contributed by atoms with Crippen molar-refractivity contribution in [3.8, 4) is 17.8 Å². The van der Waals surface area contributed by atoms with Crippen LogP contribution < -0.4 is 11.2 Å². The summed E-state index contributed by atoms with van der Waals surface area (Å²) in [6.07, 6.45) is 0. The molecule has 0 radical (unpaired) electrons. The topological polar surface area (TPSA) is 115 Å². The second-order valence-electron chi connectivity index (χ2n) is 3.91. The second-order valence-corrected chi connectivity index (χ2v) is 3.91. The van der Waals surface area contributed by atoms with Crippen LogP contribution in [0.4, 0.5) is 5.69 Å². The molecule has 1 aromatic carbocycles. The van der Waals surface area contributed by atoms with Gasteiger partial charge in [-0.3, -0.25) is 5.41 Å². The van der Waals surface area contributed by atoms with Gasteiger partial charge in [0, 0.05) is 0 Å². The van der Waals surface area contributed by atoms with E-state index in [0.717, 1.165) is 5.56 Å². The molecule has 19 heavy (non-hydrogen) atoms. The first kappa shape index (κ1) is 12.3. The molecule has 92 valence electrons. The Balaban J connectivity index is 2.88. The lowest BCUT2D eigenvalue weighted by Crippen LogP contribution is -2.27. The lowest BCUT2D eigenvalue weighted by Gasteiger charge is -2.11. The van der Waals surface area contributed by atoms with E-state index in [9.17, 15) is 0 Å². The minimum atomic E-state index is -0.131. The Morgan fingerprint density at radius 1 is 1.26 bits per heavy atom. The van der Waals surface area contributed by atoms with Crippen molar-refractivity contribution in [3.05, 3.63) is 46.6 Å². The van der Waals surface area contributed by atoms with Crippen molar-refractivity contribution < 1.29 is 0 Å². The van der Waals surface area contributed by atoms with Crippen molar-refractivity contribution in [2.45, 2.75) is 6.92 Å². The maximum atomic E-state index is 9.06. The minimum Gasteiger partial charge on any atom is -0.395 e. The van der Waals surface area contributed by atoms with E-state index in [1.165, 1.54) is 4.68 Å². The number of nitrogen functional groups attached to an aromatic ring is 1. The molecule has 3 N–H and O–H groups in total. The zero-order valence-corrected chi connectivity index (χ0v) is 10.2. The molecular weight excluding hydrogens is 240 g/mol. The average Bonchev–Trinajstić information content (AvgIpc) is 2.41. The van der Waals surface area contributed by atoms with Crippen LogP contribution in [-0.4, -0.2) is 9.78 Å². The molecule has 0 amide bonds. The number of para-hydroxylation sites is 1. The lowest BCUT2D eigenvalue weighted by atomic mass is 10.2. The van der Waals surface area contributed by atoms with E-state index < -0.39 is 0 Å². The number of nitrogens with one attached hydrogen (secondary N) is 1. The zero-order chi connectivity index (χ0) is 14.0. The van der Waals surface area contributed by atoms with Crippen molar-refractivity contribution in [3.63, 3.8) is 0 Å². The molecule has 0 saturated carbocycles. The number of rotatable bonds is 1. The number of hydrogen-bond acceptors (Lipinski definition) is 5. The monoisotopic (exact) mass is 250 g/mol. The summed E-state index contributed by atoms with van der Waals surface area (Å²) in [5.74, 6) is 0. The number of aromatic nitrogens is 2. The molecule has 0 saturated heterocycles. The van der Waals surface area contributed by atoms with Gasteiger partial charge in [0.15, 0.2) is 11.2 Å². The number of aryl methyl sites for hydroxylation is 1. The summed E-state index contributed by atoms with van der Waals surface area (Å²) in [7, 11) is 0. The van der Waals surface area contributed by atoms with E-state index in [2.05, 4.69) is 5.10 Å². The summed E-state index contributed by atoms with van der Waals surface area (Å²) in [6.45, 7) is 1.86. The molecule has 2 rings (SSSR count). The first-order valence-corrected chi connectivity index (χ1v) is 5.43. The fourth-order valence-electron chi connectivity index (χ4n) is 1.73. The van der Waals surface area contributed by atoms with Gasteiger partial charge < -0.3 is 5.73 Å². The highest BCUT2D eigenvalue weighted by atomic mass is 15.3. The van der Waals surface area contributed by atoms with Crippen LogP contribution in [0.1, 0.15) is 16.8 Å². The molecule has 1 heterocycles. The summed E-state index contributed by atoms with van der Waals surface area (Å²) in [5.41, 5.74) is 6.88. The highest BCUT2D eigenvalue weighted by molar-refractivity contribution is 5.60. The number of hydrogen-bond donors (Lipinski definition) is 2. The third-order valence-corrected chi connectivity index (χ3v) is 2.73. The number of anilines is 1. The van der Waals surface area contributed by atoms with Crippen molar-refractivity contribution >= 4 is 5.69 Å². The highest BCUT2D eigenvalue weighted by Crippen LogP contribution is 2.14. The Morgan fingerprint density at radius 3 is 2.53 bits per heavy atom. The molecule has 1 aromatic heterocycles. The van der Waals surface area contributed by atoms with Crippen LogP contribution in [0.15, 0.2) is 24.3 Å². The molecule has 0 fully saturated rings. The standard InChI is InChI=1S/C13H10N6/c1-8-4-2-3-5-11(8)19-13(17)9(6-14)12(16)10(7-15)18-19/h2-5,17H,16H2,1H3. The van der Waals surface area contributed by atoms with E-state index in [4.69, 9.17) is 21.7 Å². The molecule has 0 bridgehead atoms. The Hall–Kier alpha value is -3.12. The maximum absolute atomic E-state index is 9.06. The van der Waals surface area contributed by atoms with Gasteiger partial charge in [0.05, 0.1) is 11.4 Å². The molecule has 0 atom stereocenters. The van der Waals surface area contributed by atoms with Gasteiger partial charge in [-0.15, -0.1) is 0 Å². The van der Waals surface area contributed by atoms with Crippen LogP contribution >= 0.6 is 0 Å². The van der Waals surface area contributed by atoms with Crippen LogP contribution in [0.2, 0.25) is 0 Å². The molecule has 0 unspecified atom stereocenters. The van der Waals surface area contributed by atoms with Gasteiger partial charge in [0.25, 0.3) is 0 Å². The summed E-state index contributed by atoms with van der Waals surface area (Å²) in [4.78, 5) is 0. The largest absolute Gasteiger partial charge is 0.395 e. The first-order chi connectivity index (χ1) is 9.10. The molecule has 0 spiro atoms. The van der Waals surface area contributed by atoms with E-state index in [1.807, 2.05) is 31.2 Å². The SMILES string of the molecule is Cc1ccccc1-n1nc(C#N)c(N)c(C#N)c1=N. The van der Waals surface area contributed by atoms with Gasteiger partial charge in [-0.1, -0.05) is 18.2 Å². The quantitative estimate of drug-likeness (QED) is 0.784. The molecule has 0 aliphatic heterocycles. The number of nitrogens with zero attached hydrogens (tertiary/aromatic N) is 4. The molecule has 6 heteroatoms. The van der Waals surface area contributed by atoms with Crippen LogP contribution in [0.5, 0.6) is 0 Å². The highest BCUT2D eigenvalue weighted by Gasteiger charge is 2.14. The Morgan fingerprint density at radius 2 is 1.95 bits per heavy atom. The maximum Gasteiger partial charge on any atom is 0.185 e. The Labute approximate surface area is 109 Å². The molecule has 0 aliphatic rings. The van der Waals surface area contributed by atoms with Crippen LogP contribution in [0.3, 0.4) is 0 Å². The van der Waals surface area contributed by atoms with E-state index in [0.29, 0.717) is 5.69 Å². The fourth-order valence-corrected chi connectivity index (χ4v) is 1.73. The molecule has 2 aromatic rings. The van der Waals surface area contributed by atoms with E-state index in [-0.39, 0.29) is 22.4 Å². The summed E-state index contributed by atoms with van der Waals surface area (Å²) >= 11 is 0. The van der Waals surface area contributed by atoms with Crippen molar-refractivity contribution in [1.82, 2.24) is 9.78 Å². The predicted molar refractivity (Wildman–Crippen MR) is 68.0 cm³/mol. The van der Waals surface area contributed by atoms with Gasteiger partial charge in [-0.25, -0.2) is 4.68 Å².